The van der Waals surface area contributed by atoms with E-state index >= 15 is 0 Å². The normalized spacial score (nSPS) is 28.7. The Balaban J connectivity index is 2.35. The van der Waals surface area contributed by atoms with Gasteiger partial charge in [0, 0.05) is 0 Å². The van der Waals surface area contributed by atoms with Crippen molar-refractivity contribution in [2.24, 2.45) is 5.73 Å². The third-order valence-electron chi connectivity index (χ3n) is 2.78. The molecule has 6 heteroatoms. The number of nitrogens with two attached hydrogens (primary N) is 1. The fourth-order valence-electron chi connectivity index (χ4n) is 1.63. The summed E-state index contributed by atoms with van der Waals surface area (Å²) in [7, 11) is -3.62. The zero-order valence-electron chi connectivity index (χ0n) is 8.33. The smallest absolute Gasteiger partial charge is 0.325 e. The quantitative estimate of drug-likeness (QED) is 0.777. The fourth-order valence-corrected chi connectivity index (χ4v) is 3.65. The molecule has 1 aliphatic rings. The molecule has 2 rings (SSSR count). The molecule has 1 saturated carbocycles. The highest BCUT2D eigenvalue weighted by Crippen LogP contribution is 2.42. The zero-order chi connectivity index (χ0) is 12.0. The minimum Gasteiger partial charge on any atom is -0.480 e. The van der Waals surface area contributed by atoms with Crippen molar-refractivity contribution in [2.75, 3.05) is 0 Å². The average molecular weight is 241 g/mol. The summed E-state index contributed by atoms with van der Waals surface area (Å²) in [4.78, 5) is 10.9. The van der Waals surface area contributed by atoms with Crippen molar-refractivity contribution in [3.8, 4) is 0 Å². The third kappa shape index (κ3) is 1.50. The molecule has 3 N–H and O–H groups in total. The Morgan fingerprint density at radius 2 is 1.94 bits per heavy atom. The molecule has 0 aliphatic heterocycles. The number of hydrogen-bond donors (Lipinski definition) is 2. The summed E-state index contributed by atoms with van der Waals surface area (Å²) in [6.07, 6.45) is -0.0282. The average Bonchev–Trinajstić information content (AvgIpc) is 2.95. The van der Waals surface area contributed by atoms with Crippen molar-refractivity contribution in [3.05, 3.63) is 30.3 Å². The van der Waals surface area contributed by atoms with Gasteiger partial charge in [-0.2, -0.15) is 0 Å². The van der Waals surface area contributed by atoms with E-state index in [1.807, 2.05) is 0 Å². The number of sulfone groups is 1. The lowest BCUT2D eigenvalue weighted by Crippen LogP contribution is -2.38. The molecule has 0 saturated heterocycles. The molecule has 16 heavy (non-hydrogen) atoms. The number of hydrogen-bond acceptors (Lipinski definition) is 4. The number of aliphatic carboxylic acids is 1. The van der Waals surface area contributed by atoms with Gasteiger partial charge in [-0.05, 0) is 18.6 Å². The van der Waals surface area contributed by atoms with Crippen molar-refractivity contribution >= 4 is 15.8 Å². The van der Waals surface area contributed by atoms with Crippen molar-refractivity contribution in [3.63, 3.8) is 0 Å². The van der Waals surface area contributed by atoms with Crippen LogP contribution < -0.4 is 5.73 Å². The van der Waals surface area contributed by atoms with Gasteiger partial charge in [-0.1, -0.05) is 18.2 Å². The minimum atomic E-state index is -3.62. The van der Waals surface area contributed by atoms with Crippen LogP contribution in [0.4, 0.5) is 0 Å². The molecule has 0 spiro atoms. The molecule has 2 atom stereocenters. The fraction of sp³-hybridized carbons (Fsp3) is 0.300. The molecule has 0 heterocycles. The van der Waals surface area contributed by atoms with Crippen LogP contribution in [-0.2, 0) is 14.6 Å². The summed E-state index contributed by atoms with van der Waals surface area (Å²) in [6.45, 7) is 0. The van der Waals surface area contributed by atoms with Crippen LogP contribution in [0, 0.1) is 0 Å². The maximum Gasteiger partial charge on any atom is 0.325 e. The van der Waals surface area contributed by atoms with Gasteiger partial charge in [0.1, 0.15) is 5.54 Å². The Labute approximate surface area is 92.8 Å². The van der Waals surface area contributed by atoms with Crippen LogP contribution in [0.3, 0.4) is 0 Å². The van der Waals surface area contributed by atoms with Gasteiger partial charge in [0.15, 0.2) is 9.84 Å². The Bertz CT molecular complexity index is 525. The number of benzene rings is 1. The van der Waals surface area contributed by atoms with E-state index in [4.69, 9.17) is 10.8 Å². The monoisotopic (exact) mass is 241 g/mol. The maximum absolute atomic E-state index is 12.0. The van der Waals surface area contributed by atoms with Gasteiger partial charge in [-0.15, -0.1) is 0 Å². The van der Waals surface area contributed by atoms with E-state index < -0.39 is 26.6 Å². The first kappa shape index (κ1) is 11.1. The van der Waals surface area contributed by atoms with Crippen molar-refractivity contribution < 1.29 is 18.3 Å². The van der Waals surface area contributed by atoms with E-state index in [1.165, 1.54) is 12.1 Å². The summed E-state index contributed by atoms with van der Waals surface area (Å²) >= 11 is 0. The lowest BCUT2D eigenvalue weighted by Gasteiger charge is -2.06. The number of carboxylic acid groups (broad SMARTS) is 1. The summed E-state index contributed by atoms with van der Waals surface area (Å²) in [5.74, 6) is -1.27. The van der Waals surface area contributed by atoms with Gasteiger partial charge in [-0.25, -0.2) is 8.42 Å². The summed E-state index contributed by atoms with van der Waals surface area (Å²) in [6, 6.07) is 7.76. The summed E-state index contributed by atoms with van der Waals surface area (Å²) in [5, 5.41) is 7.79. The largest absolute Gasteiger partial charge is 0.480 e. The van der Waals surface area contributed by atoms with Crippen LogP contribution in [0.2, 0.25) is 0 Å². The third-order valence-corrected chi connectivity index (χ3v) is 5.05. The summed E-state index contributed by atoms with van der Waals surface area (Å²) in [5.41, 5.74) is 3.86. The molecule has 0 radical (unpaired) electrons. The molecule has 0 amide bonds. The second-order valence-corrected chi connectivity index (χ2v) is 6.03. The standard InChI is InChI=1S/C10H11NO4S/c11-10(9(12)13)6-8(10)16(14,15)7-4-2-1-3-5-7/h1-5,8H,6,11H2,(H,12,13)/t8-,10+/m1/s1. The molecule has 1 aromatic rings. The van der Waals surface area contributed by atoms with Gasteiger partial charge in [0.2, 0.25) is 0 Å². The SMILES string of the molecule is N[C@@]1(C(=O)O)C[C@H]1S(=O)(=O)c1ccccc1. The molecule has 0 unspecified atom stereocenters. The van der Waals surface area contributed by atoms with Crippen LogP contribution in [-0.4, -0.2) is 30.3 Å². The van der Waals surface area contributed by atoms with Gasteiger partial charge in [0.05, 0.1) is 10.1 Å². The van der Waals surface area contributed by atoms with E-state index in [0.717, 1.165) is 0 Å². The van der Waals surface area contributed by atoms with Gasteiger partial charge < -0.3 is 10.8 Å². The molecule has 1 fully saturated rings. The van der Waals surface area contributed by atoms with E-state index in [0.29, 0.717) is 0 Å². The highest BCUT2D eigenvalue weighted by atomic mass is 32.2. The molecular formula is C10H11NO4S. The Morgan fingerprint density at radius 1 is 1.38 bits per heavy atom. The topological polar surface area (TPSA) is 97.5 Å². The van der Waals surface area contributed by atoms with Gasteiger partial charge in [0.25, 0.3) is 0 Å². The van der Waals surface area contributed by atoms with Crippen LogP contribution in [0.5, 0.6) is 0 Å². The van der Waals surface area contributed by atoms with Crippen LogP contribution in [0.15, 0.2) is 35.2 Å². The first-order chi connectivity index (χ1) is 7.39. The highest BCUT2D eigenvalue weighted by Gasteiger charge is 2.64. The van der Waals surface area contributed by atoms with E-state index in [9.17, 15) is 13.2 Å². The van der Waals surface area contributed by atoms with E-state index in [1.54, 1.807) is 18.2 Å². The molecule has 1 aliphatic carbocycles. The lowest BCUT2D eigenvalue weighted by molar-refractivity contribution is -0.139. The second-order valence-electron chi connectivity index (χ2n) is 3.90. The number of rotatable bonds is 3. The van der Waals surface area contributed by atoms with Crippen LogP contribution in [0.1, 0.15) is 6.42 Å². The van der Waals surface area contributed by atoms with Crippen LogP contribution in [0.25, 0.3) is 0 Å². The lowest BCUT2D eigenvalue weighted by atomic mass is 10.3. The van der Waals surface area contributed by atoms with Crippen molar-refractivity contribution in [2.45, 2.75) is 22.1 Å². The summed E-state index contributed by atoms with van der Waals surface area (Å²) < 4.78 is 23.9. The Hall–Kier alpha value is -1.40. The zero-order valence-corrected chi connectivity index (χ0v) is 9.15. The predicted octanol–water partition coefficient (Wildman–Crippen LogP) is 0.0147. The molecule has 0 aromatic heterocycles. The van der Waals surface area contributed by atoms with E-state index in [-0.39, 0.29) is 11.3 Å². The predicted molar refractivity (Wildman–Crippen MR) is 56.6 cm³/mol. The van der Waals surface area contributed by atoms with Gasteiger partial charge >= 0.3 is 5.97 Å². The molecule has 0 bridgehead atoms. The van der Waals surface area contributed by atoms with Crippen LogP contribution >= 0.6 is 0 Å². The number of carboxylic acids is 1. The van der Waals surface area contributed by atoms with Crippen molar-refractivity contribution in [1.29, 1.82) is 0 Å². The Kier molecular flexibility index (Phi) is 2.28. The Morgan fingerprint density at radius 3 is 2.38 bits per heavy atom. The second kappa shape index (κ2) is 3.29. The molecule has 86 valence electrons. The minimum absolute atomic E-state index is 0.0282. The molecule has 5 nitrogen and oxygen atoms in total. The first-order valence-corrected chi connectivity index (χ1v) is 6.25. The van der Waals surface area contributed by atoms with Gasteiger partial charge in [-0.3, -0.25) is 4.79 Å². The van der Waals surface area contributed by atoms with Crippen molar-refractivity contribution in [1.82, 2.24) is 0 Å². The molecule has 1 aromatic carbocycles. The van der Waals surface area contributed by atoms with E-state index in [2.05, 4.69) is 0 Å². The number of carbonyl (C=O) groups is 1. The molecular weight excluding hydrogens is 230 g/mol. The maximum atomic E-state index is 12.0. The first-order valence-electron chi connectivity index (χ1n) is 4.70. The highest BCUT2D eigenvalue weighted by molar-refractivity contribution is 7.92.